The maximum Gasteiger partial charge on any atom is 0.146 e. The van der Waals surface area contributed by atoms with Gasteiger partial charge in [0, 0.05) is 5.56 Å². The molecule has 3 aromatic rings. The van der Waals surface area contributed by atoms with E-state index in [-0.39, 0.29) is 11.2 Å². The molecule has 2 aromatic carbocycles. The van der Waals surface area contributed by atoms with Crippen LogP contribution in [0, 0.1) is 0 Å². The molecule has 0 unspecified atom stereocenters. The van der Waals surface area contributed by atoms with E-state index in [1.54, 1.807) is 6.07 Å². The average Bonchev–Trinajstić information content (AvgIpc) is 2.91. The summed E-state index contributed by atoms with van der Waals surface area (Å²) in [7, 11) is 0. The summed E-state index contributed by atoms with van der Waals surface area (Å²) < 4.78 is 0. The van der Waals surface area contributed by atoms with Crippen molar-refractivity contribution in [3.05, 3.63) is 46.5 Å². The Morgan fingerprint density at radius 3 is 2.52 bits per heavy atom. The van der Waals surface area contributed by atoms with Crippen LogP contribution in [0.3, 0.4) is 0 Å². The Labute approximate surface area is 140 Å². The highest BCUT2D eigenvalue weighted by Gasteiger charge is 2.23. The molecule has 1 heterocycles. The van der Waals surface area contributed by atoms with Crippen LogP contribution in [-0.4, -0.2) is 20.1 Å². The maximum absolute atomic E-state index is 10.8. The molecule has 0 aliphatic rings. The molecule has 0 amide bonds. The Morgan fingerprint density at radius 1 is 1.17 bits per heavy atom. The monoisotopic (exact) mass is 329 g/mol. The first-order valence-corrected chi connectivity index (χ1v) is 8.07. The lowest BCUT2D eigenvalue weighted by Gasteiger charge is -2.22. The van der Waals surface area contributed by atoms with Crippen molar-refractivity contribution in [3.8, 4) is 11.4 Å². The third kappa shape index (κ3) is 2.79. The number of phenols is 1. The Balaban J connectivity index is 2.27. The highest BCUT2D eigenvalue weighted by Crippen LogP contribution is 2.36. The highest BCUT2D eigenvalue weighted by atomic mass is 35.5. The molecule has 0 spiro atoms. The fraction of sp³-hybridized carbons (Fsp3) is 0.333. The van der Waals surface area contributed by atoms with Gasteiger partial charge in [-0.1, -0.05) is 51.4 Å². The standard InChI is InChI=1S/C18H20ClN3O/c1-5-11-9-12(18(2,3)4)17(23)15(10-11)22-20-14-8-6-7-13(19)16(14)21-22/h6-10,23H,5H2,1-4H3. The predicted molar refractivity (Wildman–Crippen MR) is 93.6 cm³/mol. The van der Waals surface area contributed by atoms with Crippen LogP contribution in [0.1, 0.15) is 38.8 Å². The third-order valence-electron chi connectivity index (χ3n) is 3.94. The second kappa shape index (κ2) is 5.53. The fourth-order valence-corrected chi connectivity index (χ4v) is 2.82. The second-order valence-electron chi connectivity index (χ2n) is 6.71. The lowest BCUT2D eigenvalue weighted by Crippen LogP contribution is -2.14. The van der Waals surface area contributed by atoms with Crippen molar-refractivity contribution < 1.29 is 5.11 Å². The molecule has 23 heavy (non-hydrogen) atoms. The largest absolute Gasteiger partial charge is 0.505 e. The van der Waals surface area contributed by atoms with Crippen LogP contribution in [0.5, 0.6) is 5.75 Å². The van der Waals surface area contributed by atoms with Crippen LogP contribution in [0.15, 0.2) is 30.3 Å². The fourth-order valence-electron chi connectivity index (χ4n) is 2.62. The topological polar surface area (TPSA) is 50.9 Å². The van der Waals surface area contributed by atoms with E-state index in [1.807, 2.05) is 18.2 Å². The summed E-state index contributed by atoms with van der Waals surface area (Å²) in [6, 6.07) is 9.46. The van der Waals surface area contributed by atoms with E-state index >= 15 is 0 Å². The van der Waals surface area contributed by atoms with Crippen molar-refractivity contribution in [2.45, 2.75) is 39.5 Å². The number of hydrogen-bond acceptors (Lipinski definition) is 3. The van der Waals surface area contributed by atoms with Gasteiger partial charge >= 0.3 is 0 Å². The first-order chi connectivity index (χ1) is 10.8. The van der Waals surface area contributed by atoms with Gasteiger partial charge in [0.15, 0.2) is 0 Å². The van der Waals surface area contributed by atoms with Gasteiger partial charge in [-0.05, 0) is 35.6 Å². The van der Waals surface area contributed by atoms with Crippen molar-refractivity contribution in [2.75, 3.05) is 0 Å². The molecule has 0 aliphatic carbocycles. The van der Waals surface area contributed by atoms with Gasteiger partial charge in [0.25, 0.3) is 0 Å². The molecule has 3 rings (SSSR count). The predicted octanol–water partition coefficient (Wildman–Crippen LogP) is 4.64. The molecule has 120 valence electrons. The van der Waals surface area contributed by atoms with Crippen LogP contribution in [0.25, 0.3) is 16.7 Å². The highest BCUT2D eigenvalue weighted by molar-refractivity contribution is 6.34. The zero-order valence-corrected chi connectivity index (χ0v) is 14.5. The molecule has 0 saturated carbocycles. The minimum Gasteiger partial charge on any atom is -0.505 e. The minimum absolute atomic E-state index is 0.172. The van der Waals surface area contributed by atoms with Crippen LogP contribution < -0.4 is 0 Å². The Hall–Kier alpha value is -2.07. The van der Waals surface area contributed by atoms with Crippen LogP contribution in [-0.2, 0) is 11.8 Å². The summed E-state index contributed by atoms with van der Waals surface area (Å²) in [5.74, 6) is 0.214. The molecule has 0 aliphatic heterocycles. The summed E-state index contributed by atoms with van der Waals surface area (Å²) >= 11 is 6.18. The Kier molecular flexibility index (Phi) is 3.80. The Bertz CT molecular complexity index is 878. The molecule has 5 heteroatoms. The smallest absolute Gasteiger partial charge is 0.146 e. The Morgan fingerprint density at radius 2 is 1.91 bits per heavy atom. The maximum atomic E-state index is 10.8. The molecule has 1 aromatic heterocycles. The summed E-state index contributed by atoms with van der Waals surface area (Å²) in [5, 5.41) is 20.2. The lowest BCUT2D eigenvalue weighted by molar-refractivity contribution is 0.440. The lowest BCUT2D eigenvalue weighted by atomic mass is 9.84. The number of aromatic nitrogens is 3. The number of hydrogen-bond donors (Lipinski definition) is 1. The number of aryl methyl sites for hydroxylation is 1. The molecule has 0 bridgehead atoms. The van der Waals surface area contributed by atoms with Gasteiger partial charge in [0.2, 0.25) is 0 Å². The van der Waals surface area contributed by atoms with Crippen molar-refractivity contribution in [1.82, 2.24) is 15.0 Å². The SMILES string of the molecule is CCc1cc(-n2nc3cccc(Cl)c3n2)c(O)c(C(C)(C)C)c1. The zero-order valence-electron chi connectivity index (χ0n) is 13.8. The van der Waals surface area contributed by atoms with E-state index < -0.39 is 0 Å². The first-order valence-electron chi connectivity index (χ1n) is 7.69. The van der Waals surface area contributed by atoms with E-state index in [0.717, 1.165) is 17.5 Å². The summed E-state index contributed by atoms with van der Waals surface area (Å²) in [5.41, 5.74) is 3.77. The van der Waals surface area contributed by atoms with Gasteiger partial charge in [-0.15, -0.1) is 15.0 Å². The van der Waals surface area contributed by atoms with E-state index in [0.29, 0.717) is 21.7 Å². The number of benzene rings is 2. The summed E-state index contributed by atoms with van der Waals surface area (Å²) in [6.45, 7) is 8.33. The summed E-state index contributed by atoms with van der Waals surface area (Å²) in [4.78, 5) is 1.47. The van der Waals surface area contributed by atoms with Gasteiger partial charge in [-0.2, -0.15) is 0 Å². The van der Waals surface area contributed by atoms with Gasteiger partial charge in [0.05, 0.1) is 5.02 Å². The molecule has 0 saturated heterocycles. The molecule has 0 atom stereocenters. The van der Waals surface area contributed by atoms with Crippen LogP contribution in [0.2, 0.25) is 5.02 Å². The second-order valence-corrected chi connectivity index (χ2v) is 7.12. The number of nitrogens with zero attached hydrogens (tertiary/aromatic N) is 3. The van der Waals surface area contributed by atoms with Gasteiger partial charge in [-0.3, -0.25) is 0 Å². The van der Waals surface area contributed by atoms with Gasteiger partial charge in [-0.25, -0.2) is 0 Å². The number of aromatic hydroxyl groups is 1. The quantitative estimate of drug-likeness (QED) is 0.745. The van der Waals surface area contributed by atoms with E-state index in [4.69, 9.17) is 11.6 Å². The van der Waals surface area contributed by atoms with Crippen molar-refractivity contribution >= 4 is 22.6 Å². The molecular formula is C18H20ClN3O. The van der Waals surface area contributed by atoms with Crippen molar-refractivity contribution in [2.24, 2.45) is 0 Å². The van der Waals surface area contributed by atoms with E-state index in [1.165, 1.54) is 4.80 Å². The van der Waals surface area contributed by atoms with Crippen molar-refractivity contribution in [3.63, 3.8) is 0 Å². The molecule has 0 fully saturated rings. The molecular weight excluding hydrogens is 310 g/mol. The molecule has 4 nitrogen and oxygen atoms in total. The van der Waals surface area contributed by atoms with Crippen molar-refractivity contribution in [1.29, 1.82) is 0 Å². The number of fused-ring (bicyclic) bond motifs is 1. The van der Waals surface area contributed by atoms with E-state index in [2.05, 4.69) is 44.0 Å². The third-order valence-corrected chi connectivity index (χ3v) is 4.25. The molecule has 0 radical (unpaired) electrons. The molecule has 1 N–H and O–H groups in total. The van der Waals surface area contributed by atoms with Gasteiger partial charge < -0.3 is 5.11 Å². The number of phenolic OH excluding ortho intramolecular Hbond substituents is 1. The number of halogens is 1. The zero-order chi connectivity index (χ0) is 16.8. The number of rotatable bonds is 2. The summed E-state index contributed by atoms with van der Waals surface area (Å²) in [6.07, 6.45) is 0.873. The van der Waals surface area contributed by atoms with Gasteiger partial charge in [0.1, 0.15) is 22.5 Å². The normalized spacial score (nSPS) is 12.0. The average molecular weight is 330 g/mol. The van der Waals surface area contributed by atoms with E-state index in [9.17, 15) is 5.11 Å². The van der Waals surface area contributed by atoms with Crippen LogP contribution >= 0.6 is 11.6 Å². The first kappa shape index (κ1) is 15.8. The minimum atomic E-state index is -0.172. The van der Waals surface area contributed by atoms with Crippen LogP contribution in [0.4, 0.5) is 0 Å².